The Labute approximate surface area is 156 Å². The van der Waals surface area contributed by atoms with Gasteiger partial charge in [0.15, 0.2) is 0 Å². The molecule has 0 aliphatic carbocycles. The highest BCUT2D eigenvalue weighted by Gasteiger charge is 2.24. The second kappa shape index (κ2) is 7.79. The summed E-state index contributed by atoms with van der Waals surface area (Å²) in [6, 6.07) is 5.50. The molecule has 0 bridgehead atoms. The third-order valence-corrected chi connectivity index (χ3v) is 6.60. The van der Waals surface area contributed by atoms with Crippen LogP contribution < -0.4 is 9.46 Å². The van der Waals surface area contributed by atoms with Crippen molar-refractivity contribution in [3.63, 3.8) is 0 Å². The third-order valence-electron chi connectivity index (χ3n) is 3.40. The highest BCUT2D eigenvalue weighted by Crippen LogP contribution is 2.30. The van der Waals surface area contributed by atoms with E-state index in [0.717, 1.165) is 10.4 Å². The Hall–Kier alpha value is -2.24. The van der Waals surface area contributed by atoms with Crippen molar-refractivity contribution < 1.29 is 30.4 Å². The molecule has 0 aliphatic rings. The number of anilines is 1. The molecule has 2 rings (SSSR count). The van der Waals surface area contributed by atoms with E-state index in [1.165, 1.54) is 26.2 Å². The Bertz CT molecular complexity index is 1030. The van der Waals surface area contributed by atoms with Gasteiger partial charge >= 0.3 is 0 Å². The summed E-state index contributed by atoms with van der Waals surface area (Å²) < 4.78 is 84.7. The molecule has 0 saturated carbocycles. The zero-order valence-corrected chi connectivity index (χ0v) is 16.4. The average Bonchev–Trinajstić information content (AvgIpc) is 2.55. The van der Waals surface area contributed by atoms with E-state index < -0.39 is 36.6 Å². The standard InChI is InChI=1S/C16H18F2N2O5S2/c1-4-25-15-6-5-13(10-16(15)27(23,24)20(2)3)19-26(21,22)14-8-11(17)7-12(18)9-14/h5-10,19H,4H2,1-3H3. The van der Waals surface area contributed by atoms with Crippen LogP contribution in [0.4, 0.5) is 14.5 Å². The second-order valence-corrected chi connectivity index (χ2v) is 9.40. The summed E-state index contributed by atoms with van der Waals surface area (Å²) in [4.78, 5) is -0.883. The van der Waals surface area contributed by atoms with Gasteiger partial charge in [-0.15, -0.1) is 0 Å². The molecule has 2 aromatic rings. The van der Waals surface area contributed by atoms with Gasteiger partial charge in [0.05, 0.1) is 17.2 Å². The van der Waals surface area contributed by atoms with Crippen LogP contribution in [0.25, 0.3) is 0 Å². The first-order valence-electron chi connectivity index (χ1n) is 7.65. The minimum atomic E-state index is -4.35. The van der Waals surface area contributed by atoms with Gasteiger partial charge < -0.3 is 4.74 Å². The fraction of sp³-hybridized carbons (Fsp3) is 0.250. The molecule has 0 atom stereocenters. The maximum Gasteiger partial charge on any atom is 0.262 e. The topological polar surface area (TPSA) is 92.8 Å². The van der Waals surface area contributed by atoms with Gasteiger partial charge in [-0.2, -0.15) is 0 Å². The van der Waals surface area contributed by atoms with Crippen LogP contribution in [0.5, 0.6) is 5.75 Å². The number of benzene rings is 2. The summed E-state index contributed by atoms with van der Waals surface area (Å²) in [5.74, 6) is -2.07. The maximum atomic E-state index is 13.3. The third kappa shape index (κ3) is 4.73. The lowest BCUT2D eigenvalue weighted by Gasteiger charge is -2.17. The number of halogens is 2. The normalized spacial score (nSPS) is 12.2. The number of sulfonamides is 2. The first-order valence-corrected chi connectivity index (χ1v) is 10.6. The predicted molar refractivity (Wildman–Crippen MR) is 95.7 cm³/mol. The average molecular weight is 420 g/mol. The van der Waals surface area contributed by atoms with Crippen molar-refractivity contribution in [3.05, 3.63) is 48.0 Å². The maximum absolute atomic E-state index is 13.3. The number of hydrogen-bond donors (Lipinski definition) is 1. The van der Waals surface area contributed by atoms with Crippen LogP contribution in [-0.2, 0) is 20.0 Å². The SMILES string of the molecule is CCOc1ccc(NS(=O)(=O)c2cc(F)cc(F)c2)cc1S(=O)(=O)N(C)C. The van der Waals surface area contributed by atoms with E-state index in [4.69, 9.17) is 4.74 Å². The molecule has 0 heterocycles. The van der Waals surface area contributed by atoms with E-state index in [-0.39, 0.29) is 22.9 Å². The molecule has 0 fully saturated rings. The van der Waals surface area contributed by atoms with Gasteiger partial charge in [-0.3, -0.25) is 4.72 Å². The highest BCUT2D eigenvalue weighted by atomic mass is 32.2. The molecular formula is C16H18F2N2O5S2. The van der Waals surface area contributed by atoms with Gasteiger partial charge in [-0.05, 0) is 37.3 Å². The molecule has 0 radical (unpaired) electrons. The molecule has 27 heavy (non-hydrogen) atoms. The van der Waals surface area contributed by atoms with Crippen molar-refractivity contribution in [2.45, 2.75) is 16.7 Å². The Kier molecular flexibility index (Phi) is 6.07. The quantitative estimate of drug-likeness (QED) is 0.743. The number of hydrogen-bond acceptors (Lipinski definition) is 5. The molecule has 1 N–H and O–H groups in total. The number of ether oxygens (including phenoxy) is 1. The van der Waals surface area contributed by atoms with Gasteiger partial charge in [-0.25, -0.2) is 29.9 Å². The summed E-state index contributed by atoms with van der Waals surface area (Å²) in [5.41, 5.74) is -0.108. The Morgan fingerprint density at radius 1 is 1.00 bits per heavy atom. The van der Waals surface area contributed by atoms with Crippen molar-refractivity contribution in [2.75, 3.05) is 25.4 Å². The van der Waals surface area contributed by atoms with Crippen LogP contribution in [0, 0.1) is 11.6 Å². The van der Waals surface area contributed by atoms with Crippen molar-refractivity contribution >= 4 is 25.7 Å². The van der Waals surface area contributed by atoms with E-state index in [9.17, 15) is 25.6 Å². The van der Waals surface area contributed by atoms with Crippen molar-refractivity contribution in [3.8, 4) is 5.75 Å². The molecule has 0 unspecified atom stereocenters. The van der Waals surface area contributed by atoms with Crippen molar-refractivity contribution in [2.24, 2.45) is 0 Å². The highest BCUT2D eigenvalue weighted by molar-refractivity contribution is 7.92. The van der Waals surface area contributed by atoms with E-state index in [2.05, 4.69) is 4.72 Å². The summed E-state index contributed by atoms with van der Waals surface area (Å²) >= 11 is 0. The van der Waals surface area contributed by atoms with E-state index in [1.54, 1.807) is 6.92 Å². The fourth-order valence-electron chi connectivity index (χ4n) is 2.14. The summed E-state index contributed by atoms with van der Waals surface area (Å²) in [5, 5.41) is 0. The lowest BCUT2D eigenvalue weighted by Crippen LogP contribution is -2.23. The van der Waals surface area contributed by atoms with Crippen LogP contribution in [0.1, 0.15) is 6.92 Å². The Morgan fingerprint density at radius 3 is 2.11 bits per heavy atom. The van der Waals surface area contributed by atoms with Gasteiger partial charge in [0.25, 0.3) is 10.0 Å². The molecular weight excluding hydrogens is 402 g/mol. The lowest BCUT2D eigenvalue weighted by atomic mass is 10.3. The van der Waals surface area contributed by atoms with Gasteiger partial charge in [-0.1, -0.05) is 0 Å². The van der Waals surface area contributed by atoms with Gasteiger partial charge in [0, 0.05) is 20.2 Å². The van der Waals surface area contributed by atoms with Crippen molar-refractivity contribution in [1.29, 1.82) is 0 Å². The van der Waals surface area contributed by atoms with Crippen LogP contribution >= 0.6 is 0 Å². The summed E-state index contributed by atoms with van der Waals surface area (Å²) in [6.45, 7) is 1.87. The van der Waals surface area contributed by atoms with Gasteiger partial charge in [0.1, 0.15) is 22.3 Å². The number of rotatable bonds is 7. The van der Waals surface area contributed by atoms with Crippen molar-refractivity contribution in [1.82, 2.24) is 4.31 Å². The molecule has 0 aromatic heterocycles. The van der Waals surface area contributed by atoms with E-state index >= 15 is 0 Å². The van der Waals surface area contributed by atoms with E-state index in [0.29, 0.717) is 18.2 Å². The molecule has 148 valence electrons. The second-order valence-electron chi connectivity index (χ2n) is 5.59. The minimum Gasteiger partial charge on any atom is -0.492 e. The minimum absolute atomic E-state index is 0.0472. The van der Waals surface area contributed by atoms with Crippen LogP contribution in [0.15, 0.2) is 46.2 Å². The molecule has 0 amide bonds. The molecule has 0 aliphatic heterocycles. The molecule has 0 saturated heterocycles. The monoisotopic (exact) mass is 420 g/mol. The molecule has 7 nitrogen and oxygen atoms in total. The smallest absolute Gasteiger partial charge is 0.262 e. The van der Waals surface area contributed by atoms with E-state index in [1.807, 2.05) is 0 Å². The zero-order valence-electron chi connectivity index (χ0n) is 14.7. The number of nitrogens with zero attached hydrogens (tertiary/aromatic N) is 1. The van der Waals surface area contributed by atoms with Crippen LogP contribution in [0.2, 0.25) is 0 Å². The Morgan fingerprint density at radius 2 is 1.59 bits per heavy atom. The van der Waals surface area contributed by atoms with Crippen LogP contribution in [0.3, 0.4) is 0 Å². The molecule has 2 aromatic carbocycles. The van der Waals surface area contributed by atoms with Crippen LogP contribution in [-0.4, -0.2) is 41.8 Å². The largest absolute Gasteiger partial charge is 0.492 e. The zero-order chi connectivity index (χ0) is 20.4. The summed E-state index contributed by atoms with van der Waals surface area (Å²) in [7, 11) is -5.64. The molecule has 11 heteroatoms. The predicted octanol–water partition coefficient (Wildman–Crippen LogP) is 2.41. The first-order chi connectivity index (χ1) is 12.5. The Balaban J connectivity index is 2.50. The first kappa shape index (κ1) is 21.1. The lowest BCUT2D eigenvalue weighted by molar-refractivity contribution is 0.330. The van der Waals surface area contributed by atoms with Gasteiger partial charge in [0.2, 0.25) is 10.0 Å². The summed E-state index contributed by atoms with van der Waals surface area (Å²) in [6.07, 6.45) is 0. The fourth-order valence-corrected chi connectivity index (χ4v) is 4.28. The number of nitrogens with one attached hydrogen (secondary N) is 1. The molecule has 0 spiro atoms.